The maximum absolute atomic E-state index is 13.2. The predicted octanol–water partition coefficient (Wildman–Crippen LogP) is 8.12. The summed E-state index contributed by atoms with van der Waals surface area (Å²) in [6.45, 7) is 24.4. The van der Waals surface area contributed by atoms with Crippen LogP contribution in [0.2, 0.25) is 0 Å². The van der Waals surface area contributed by atoms with Crippen LogP contribution in [0.4, 0.5) is 0 Å². The van der Waals surface area contributed by atoms with Gasteiger partial charge in [-0.05, 0) is 141 Å². The summed E-state index contributed by atoms with van der Waals surface area (Å²) in [6.07, 6.45) is 6.77. The quantitative estimate of drug-likeness (QED) is 0.179. The molecule has 6 atom stereocenters. The molecule has 44 heavy (non-hydrogen) atoms. The van der Waals surface area contributed by atoms with E-state index in [-0.39, 0.29) is 58.0 Å². The zero-order valence-electron chi connectivity index (χ0n) is 29.4. The molecule has 6 rings (SSSR count). The summed E-state index contributed by atoms with van der Waals surface area (Å²) in [5.74, 6) is 0.247. The molecule has 244 valence electrons. The average molecular weight is 609 g/mol. The minimum atomic E-state index is -0.955. The van der Waals surface area contributed by atoms with Crippen molar-refractivity contribution in [2.24, 2.45) is 45.3 Å². The monoisotopic (exact) mass is 608 g/mol. The van der Waals surface area contributed by atoms with Crippen LogP contribution in [0.25, 0.3) is 0 Å². The minimum Gasteiger partial charge on any atom is -0.459 e. The number of ketones is 2. The number of esters is 2. The first kappa shape index (κ1) is 33.1. The molecule has 6 heteroatoms. The topological polar surface area (TPSA) is 86.7 Å². The summed E-state index contributed by atoms with van der Waals surface area (Å²) in [5.41, 5.74) is 2.14. The molecule has 0 aromatic heterocycles. The molecule has 4 saturated carbocycles. The van der Waals surface area contributed by atoms with Crippen molar-refractivity contribution < 1.29 is 28.7 Å². The number of Topliss-reactive ketones (excluding diaryl/α,β-unsaturated/α-hetero) is 2. The van der Waals surface area contributed by atoms with Gasteiger partial charge < -0.3 is 9.47 Å². The van der Waals surface area contributed by atoms with E-state index >= 15 is 0 Å². The van der Waals surface area contributed by atoms with Crippen LogP contribution in [0, 0.1) is 45.3 Å². The normalized spacial score (nSPS) is 36.5. The highest BCUT2D eigenvalue weighted by Gasteiger charge is 2.68. The van der Waals surface area contributed by atoms with Gasteiger partial charge in [0.25, 0.3) is 0 Å². The molecule has 0 unspecified atom stereocenters. The lowest BCUT2D eigenvalue weighted by atomic mass is 9.76. The van der Waals surface area contributed by atoms with Gasteiger partial charge >= 0.3 is 11.9 Å². The van der Waals surface area contributed by atoms with Crippen LogP contribution >= 0.6 is 0 Å². The molecule has 0 radical (unpaired) electrons. The summed E-state index contributed by atoms with van der Waals surface area (Å²) in [5, 5.41) is 0. The Balaban J connectivity index is 0.000000175. The minimum absolute atomic E-state index is 0.0211. The fraction of sp³-hybridized carbons (Fsp3) is 0.789. The highest BCUT2D eigenvalue weighted by molar-refractivity contribution is 6.12. The summed E-state index contributed by atoms with van der Waals surface area (Å²) in [7, 11) is 0. The van der Waals surface area contributed by atoms with E-state index in [1.54, 1.807) is 0 Å². The third-order valence-electron chi connectivity index (χ3n) is 11.4. The molecular weight excluding hydrogens is 552 g/mol. The van der Waals surface area contributed by atoms with E-state index in [4.69, 9.17) is 9.47 Å². The van der Waals surface area contributed by atoms with Crippen molar-refractivity contribution in [2.75, 3.05) is 0 Å². The van der Waals surface area contributed by atoms with Crippen LogP contribution in [-0.2, 0) is 28.7 Å². The molecule has 6 aliphatic rings. The van der Waals surface area contributed by atoms with E-state index in [2.05, 4.69) is 41.5 Å². The molecule has 0 heterocycles. The first-order chi connectivity index (χ1) is 20.0. The van der Waals surface area contributed by atoms with Crippen LogP contribution < -0.4 is 0 Å². The largest absolute Gasteiger partial charge is 0.459 e. The Labute approximate surface area is 265 Å². The van der Waals surface area contributed by atoms with Crippen molar-refractivity contribution in [3.8, 4) is 0 Å². The van der Waals surface area contributed by atoms with Gasteiger partial charge in [0.05, 0.1) is 0 Å². The van der Waals surface area contributed by atoms with Gasteiger partial charge in [-0.1, -0.05) is 38.8 Å². The molecule has 4 fully saturated rings. The number of hydrogen-bond acceptors (Lipinski definition) is 6. The summed E-state index contributed by atoms with van der Waals surface area (Å²) >= 11 is 0. The zero-order valence-corrected chi connectivity index (χ0v) is 29.4. The molecular formula is C38H56O6. The van der Waals surface area contributed by atoms with E-state index in [1.165, 1.54) is 11.1 Å². The first-order valence-corrected chi connectivity index (χ1v) is 16.9. The Morgan fingerprint density at radius 1 is 0.591 bits per heavy atom. The Morgan fingerprint density at radius 3 is 1.18 bits per heavy atom. The van der Waals surface area contributed by atoms with Gasteiger partial charge in [0.2, 0.25) is 0 Å². The number of allylic oxidation sites excluding steroid dienone is 2. The van der Waals surface area contributed by atoms with Crippen LogP contribution in [0.5, 0.6) is 0 Å². The van der Waals surface area contributed by atoms with Crippen LogP contribution in [0.3, 0.4) is 0 Å². The molecule has 0 saturated heterocycles. The van der Waals surface area contributed by atoms with Crippen molar-refractivity contribution in [1.82, 2.24) is 0 Å². The fourth-order valence-electron chi connectivity index (χ4n) is 10.1. The van der Waals surface area contributed by atoms with Gasteiger partial charge in [0.15, 0.2) is 11.6 Å². The number of ether oxygens (including phenoxy) is 2. The van der Waals surface area contributed by atoms with E-state index < -0.39 is 22.0 Å². The van der Waals surface area contributed by atoms with Crippen molar-refractivity contribution >= 4 is 23.5 Å². The van der Waals surface area contributed by atoms with E-state index in [0.717, 1.165) is 49.7 Å². The van der Waals surface area contributed by atoms with Gasteiger partial charge in [-0.25, -0.2) is 0 Å². The van der Waals surface area contributed by atoms with Crippen molar-refractivity contribution in [1.29, 1.82) is 0 Å². The van der Waals surface area contributed by atoms with Crippen LogP contribution in [0.15, 0.2) is 22.3 Å². The third-order valence-corrected chi connectivity index (χ3v) is 11.4. The third kappa shape index (κ3) is 5.14. The van der Waals surface area contributed by atoms with E-state index in [1.807, 2.05) is 41.5 Å². The molecule has 6 aliphatic carbocycles. The van der Waals surface area contributed by atoms with Crippen LogP contribution in [0.1, 0.15) is 134 Å². The molecule has 0 bridgehead atoms. The first-order valence-electron chi connectivity index (χ1n) is 16.9. The van der Waals surface area contributed by atoms with Gasteiger partial charge in [-0.3, -0.25) is 19.2 Å². The van der Waals surface area contributed by atoms with Gasteiger partial charge in [-0.2, -0.15) is 0 Å². The second-order valence-corrected chi connectivity index (χ2v) is 18.5. The van der Waals surface area contributed by atoms with E-state index in [0.29, 0.717) is 12.8 Å². The number of carbonyl (C=O) groups is 4. The van der Waals surface area contributed by atoms with Crippen molar-refractivity contribution in [2.45, 2.75) is 146 Å². The molecule has 0 aromatic rings. The van der Waals surface area contributed by atoms with Gasteiger partial charge in [-0.15, -0.1) is 0 Å². The second kappa shape index (κ2) is 10.1. The highest BCUT2D eigenvalue weighted by Crippen LogP contribution is 2.66. The van der Waals surface area contributed by atoms with Gasteiger partial charge in [0, 0.05) is 11.8 Å². The lowest BCUT2D eigenvalue weighted by Gasteiger charge is -2.31. The van der Waals surface area contributed by atoms with E-state index in [9.17, 15) is 19.2 Å². The lowest BCUT2D eigenvalue weighted by Crippen LogP contribution is -2.42. The SMILES string of the molecule is CC1=C2[C@@H]3CC(C)(C)C[C@@H]3C(=O)[C@@]2(C(=O)OC(C)(C)C)CC1.CC1=C2[C@H]3CC(C)(C)C[C@H]3C(=O)[C@]2(C(=O)OC(C)(C)C)CC1. The molecule has 0 amide bonds. The second-order valence-electron chi connectivity index (χ2n) is 18.5. The van der Waals surface area contributed by atoms with Gasteiger partial charge in [0.1, 0.15) is 22.0 Å². The smallest absolute Gasteiger partial charge is 0.324 e. The molecule has 0 N–H and O–H groups in total. The Morgan fingerprint density at radius 2 is 0.886 bits per heavy atom. The summed E-state index contributed by atoms with van der Waals surface area (Å²) in [4.78, 5) is 52.3. The lowest BCUT2D eigenvalue weighted by molar-refractivity contribution is -0.169. The number of rotatable bonds is 2. The number of fused-ring (bicyclic) bond motifs is 6. The van der Waals surface area contributed by atoms with Crippen molar-refractivity contribution in [3.63, 3.8) is 0 Å². The summed E-state index contributed by atoms with van der Waals surface area (Å²) in [6, 6.07) is 0. The molecule has 6 nitrogen and oxygen atoms in total. The summed E-state index contributed by atoms with van der Waals surface area (Å²) < 4.78 is 11.3. The Kier molecular flexibility index (Phi) is 7.63. The maximum atomic E-state index is 13.2. The highest BCUT2D eigenvalue weighted by atomic mass is 16.6. The fourth-order valence-corrected chi connectivity index (χ4v) is 10.1. The van der Waals surface area contributed by atoms with Crippen molar-refractivity contribution in [3.05, 3.63) is 22.3 Å². The Hall–Kier alpha value is -2.24. The zero-order chi connectivity index (χ0) is 33.0. The standard InChI is InChI=1S/2C19H28O3/c2*1-11-7-8-19(16(21)22-17(2,3)4)14(11)12-9-18(5,6)10-13(12)15(19)20/h2*12-13H,7-10H2,1-6H3/t2*12-,13+,19-/m10/s1. The maximum Gasteiger partial charge on any atom is 0.324 e. The molecule has 0 aliphatic heterocycles. The average Bonchev–Trinajstić information content (AvgIpc) is 3.62. The predicted molar refractivity (Wildman–Crippen MR) is 170 cm³/mol. The van der Waals surface area contributed by atoms with Crippen LogP contribution in [-0.4, -0.2) is 34.7 Å². The molecule has 0 spiro atoms. The Bertz CT molecular complexity index is 1260. The number of hydrogen-bond donors (Lipinski definition) is 0. The molecule has 0 aromatic carbocycles. The number of carbonyl (C=O) groups excluding carboxylic acids is 4.